The molecule has 1 unspecified atom stereocenters. The average molecular weight is 298 g/mol. The second-order valence-electron chi connectivity index (χ2n) is 5.07. The number of hydrogen-bond donors (Lipinski definition) is 2. The Bertz CT molecular complexity index is 657. The number of aromatic nitrogens is 2. The molecule has 0 saturated carbocycles. The van der Waals surface area contributed by atoms with E-state index in [-0.39, 0.29) is 12.0 Å². The normalized spacial score (nSPS) is 16.7. The third kappa shape index (κ3) is 3.07. The zero-order chi connectivity index (χ0) is 15.4. The van der Waals surface area contributed by atoms with E-state index >= 15 is 0 Å². The smallest absolute Gasteiger partial charge is 0.271 e. The monoisotopic (exact) mass is 298 g/mol. The molecule has 114 valence electrons. The first-order valence-electron chi connectivity index (χ1n) is 7.27. The minimum Gasteiger partial charge on any atom is -0.371 e. The maximum Gasteiger partial charge on any atom is 0.271 e. The van der Waals surface area contributed by atoms with Crippen LogP contribution in [0.2, 0.25) is 0 Å². The van der Waals surface area contributed by atoms with E-state index in [2.05, 4.69) is 39.0 Å². The lowest BCUT2D eigenvalue weighted by Gasteiger charge is -2.26. The van der Waals surface area contributed by atoms with Gasteiger partial charge in [-0.05, 0) is 29.7 Å². The van der Waals surface area contributed by atoms with Gasteiger partial charge in [-0.25, -0.2) is 0 Å². The molecule has 0 bridgehead atoms. The summed E-state index contributed by atoms with van der Waals surface area (Å²) < 4.78 is 5.83. The fourth-order valence-corrected chi connectivity index (χ4v) is 2.52. The molecular weight excluding hydrogens is 280 g/mol. The van der Waals surface area contributed by atoms with Gasteiger partial charge in [-0.15, -0.1) is 10.2 Å². The van der Waals surface area contributed by atoms with E-state index in [9.17, 15) is 4.79 Å². The molecule has 1 atom stereocenters. The van der Waals surface area contributed by atoms with Crippen LogP contribution in [0, 0.1) is 0 Å². The van der Waals surface area contributed by atoms with Crippen molar-refractivity contribution in [3.8, 4) is 0 Å². The molecule has 3 rings (SSSR count). The van der Waals surface area contributed by atoms with E-state index in [1.165, 1.54) is 11.1 Å². The lowest BCUT2D eigenvalue weighted by molar-refractivity contribution is 0.0513. The predicted octanol–water partition coefficient (Wildman–Crippen LogP) is 1.56. The number of ether oxygens (including phenoxy) is 1. The Hall–Kier alpha value is -2.47. The van der Waals surface area contributed by atoms with Gasteiger partial charge < -0.3 is 15.4 Å². The molecule has 1 amide bonds. The second kappa shape index (κ2) is 6.53. The lowest BCUT2D eigenvalue weighted by Crippen LogP contribution is -2.23. The van der Waals surface area contributed by atoms with E-state index < -0.39 is 0 Å². The van der Waals surface area contributed by atoms with Crippen LogP contribution in [-0.4, -0.2) is 36.3 Å². The van der Waals surface area contributed by atoms with Gasteiger partial charge in [0.05, 0.1) is 12.7 Å². The van der Waals surface area contributed by atoms with Gasteiger partial charge in [-0.3, -0.25) is 4.79 Å². The summed E-state index contributed by atoms with van der Waals surface area (Å²) in [5.74, 6) is 0.378. The predicted molar refractivity (Wildman–Crippen MR) is 82.8 cm³/mol. The summed E-state index contributed by atoms with van der Waals surface area (Å²) >= 11 is 0. The van der Waals surface area contributed by atoms with E-state index in [1.807, 2.05) is 6.07 Å². The van der Waals surface area contributed by atoms with Gasteiger partial charge in [0, 0.05) is 13.6 Å². The van der Waals surface area contributed by atoms with Crippen molar-refractivity contribution in [2.75, 3.05) is 25.5 Å². The molecule has 1 aromatic heterocycles. The van der Waals surface area contributed by atoms with Crippen molar-refractivity contribution in [3.05, 3.63) is 53.2 Å². The number of anilines is 1. The second-order valence-corrected chi connectivity index (χ2v) is 5.07. The summed E-state index contributed by atoms with van der Waals surface area (Å²) in [5.41, 5.74) is 2.85. The van der Waals surface area contributed by atoms with Crippen LogP contribution in [0.3, 0.4) is 0 Å². The first-order chi connectivity index (χ1) is 10.8. The molecule has 1 aliphatic rings. The Balaban J connectivity index is 1.65. The number of nitrogens with one attached hydrogen (secondary N) is 2. The molecule has 0 aliphatic carbocycles. The van der Waals surface area contributed by atoms with Crippen molar-refractivity contribution in [2.45, 2.75) is 12.5 Å². The third-order valence-electron chi connectivity index (χ3n) is 3.69. The molecule has 1 aliphatic heterocycles. The van der Waals surface area contributed by atoms with Crippen LogP contribution < -0.4 is 10.6 Å². The number of amides is 1. The summed E-state index contributed by atoms with van der Waals surface area (Å²) in [5, 5.41) is 13.6. The largest absolute Gasteiger partial charge is 0.371 e. The van der Waals surface area contributed by atoms with Crippen LogP contribution in [0.4, 0.5) is 5.82 Å². The summed E-state index contributed by atoms with van der Waals surface area (Å²) in [6, 6.07) is 11.7. The van der Waals surface area contributed by atoms with Crippen molar-refractivity contribution in [1.82, 2.24) is 15.5 Å². The van der Waals surface area contributed by atoms with E-state index in [0.717, 1.165) is 13.0 Å². The molecule has 0 fully saturated rings. The minimum absolute atomic E-state index is 0.00497. The Morgan fingerprint density at radius 1 is 1.27 bits per heavy atom. The van der Waals surface area contributed by atoms with Crippen LogP contribution in [0.15, 0.2) is 36.4 Å². The highest BCUT2D eigenvalue weighted by atomic mass is 16.5. The topological polar surface area (TPSA) is 76.1 Å². The number of benzene rings is 1. The fraction of sp³-hybridized carbons (Fsp3) is 0.312. The Morgan fingerprint density at radius 3 is 2.91 bits per heavy atom. The molecule has 6 heteroatoms. The number of hydrogen-bond acceptors (Lipinski definition) is 5. The van der Waals surface area contributed by atoms with Crippen LogP contribution in [0.1, 0.15) is 27.7 Å². The molecule has 22 heavy (non-hydrogen) atoms. The minimum atomic E-state index is -0.247. The van der Waals surface area contributed by atoms with Crippen molar-refractivity contribution in [3.63, 3.8) is 0 Å². The number of carbonyl (C=O) groups excluding carboxylic acids is 1. The molecule has 2 N–H and O–H groups in total. The van der Waals surface area contributed by atoms with Crippen molar-refractivity contribution < 1.29 is 9.53 Å². The van der Waals surface area contributed by atoms with E-state index in [1.54, 1.807) is 19.2 Å². The highest BCUT2D eigenvalue weighted by molar-refractivity contribution is 5.91. The van der Waals surface area contributed by atoms with Crippen LogP contribution >= 0.6 is 0 Å². The summed E-state index contributed by atoms with van der Waals surface area (Å²) in [4.78, 5) is 11.4. The summed E-state index contributed by atoms with van der Waals surface area (Å²) in [7, 11) is 1.56. The molecule has 2 heterocycles. The maximum absolute atomic E-state index is 11.4. The molecule has 1 aromatic carbocycles. The molecular formula is C16H18N4O2. The number of rotatable bonds is 4. The van der Waals surface area contributed by atoms with Gasteiger partial charge in [0.2, 0.25) is 0 Å². The first kappa shape index (κ1) is 14.5. The molecule has 0 saturated heterocycles. The third-order valence-corrected chi connectivity index (χ3v) is 3.69. The van der Waals surface area contributed by atoms with Crippen LogP contribution in [-0.2, 0) is 11.2 Å². The highest BCUT2D eigenvalue weighted by Gasteiger charge is 2.20. The van der Waals surface area contributed by atoms with Gasteiger partial charge >= 0.3 is 0 Å². The number of carbonyl (C=O) groups is 1. The summed E-state index contributed by atoms with van der Waals surface area (Å²) in [6.45, 7) is 1.34. The SMILES string of the molecule is CNC(=O)c1ccc(NCC2OCCc3ccccc32)nn1. The first-order valence-corrected chi connectivity index (χ1v) is 7.27. The van der Waals surface area contributed by atoms with Crippen LogP contribution in [0.25, 0.3) is 0 Å². The number of fused-ring (bicyclic) bond motifs is 1. The fourth-order valence-electron chi connectivity index (χ4n) is 2.52. The molecule has 0 radical (unpaired) electrons. The quantitative estimate of drug-likeness (QED) is 0.896. The maximum atomic E-state index is 11.4. The van der Waals surface area contributed by atoms with Gasteiger partial charge in [0.1, 0.15) is 5.82 Å². The van der Waals surface area contributed by atoms with Gasteiger partial charge in [0.25, 0.3) is 5.91 Å². The highest BCUT2D eigenvalue weighted by Crippen LogP contribution is 2.26. The molecule has 0 spiro atoms. The zero-order valence-corrected chi connectivity index (χ0v) is 12.4. The Labute approximate surface area is 128 Å². The molecule has 2 aromatic rings. The van der Waals surface area contributed by atoms with E-state index in [4.69, 9.17) is 4.74 Å². The molecule has 6 nitrogen and oxygen atoms in total. The summed E-state index contributed by atoms with van der Waals surface area (Å²) in [6.07, 6.45) is 0.957. The van der Waals surface area contributed by atoms with Gasteiger partial charge in [-0.1, -0.05) is 24.3 Å². The zero-order valence-electron chi connectivity index (χ0n) is 12.4. The van der Waals surface area contributed by atoms with Crippen molar-refractivity contribution in [2.24, 2.45) is 0 Å². The standard InChI is InChI=1S/C16H18N4O2/c1-17-16(21)13-6-7-15(20-19-13)18-10-14-12-5-3-2-4-11(12)8-9-22-14/h2-7,14H,8-10H2,1H3,(H,17,21)(H,18,20). The Kier molecular flexibility index (Phi) is 4.29. The number of nitrogens with zero attached hydrogens (tertiary/aromatic N) is 2. The lowest BCUT2D eigenvalue weighted by atomic mass is 9.97. The van der Waals surface area contributed by atoms with Crippen LogP contribution in [0.5, 0.6) is 0 Å². The average Bonchev–Trinajstić information content (AvgIpc) is 2.59. The van der Waals surface area contributed by atoms with E-state index in [0.29, 0.717) is 18.1 Å². The van der Waals surface area contributed by atoms with Crippen molar-refractivity contribution in [1.29, 1.82) is 0 Å². The van der Waals surface area contributed by atoms with Gasteiger partial charge in [-0.2, -0.15) is 0 Å². The van der Waals surface area contributed by atoms with Crippen molar-refractivity contribution >= 4 is 11.7 Å². The Morgan fingerprint density at radius 2 is 2.14 bits per heavy atom. The van der Waals surface area contributed by atoms with Gasteiger partial charge in [0.15, 0.2) is 5.69 Å².